The summed E-state index contributed by atoms with van der Waals surface area (Å²) in [6.45, 7) is 9.09. The molecule has 0 N–H and O–H groups in total. The number of hydrogen-bond donors (Lipinski definition) is 0. The Labute approximate surface area is 270 Å². The van der Waals surface area contributed by atoms with Gasteiger partial charge in [0.25, 0.3) is 0 Å². The molecule has 252 valence electrons. The van der Waals surface area contributed by atoms with Crippen molar-refractivity contribution in [3.05, 3.63) is 35.9 Å². The molecule has 0 heterocycles. The molecule has 0 spiro atoms. The predicted octanol–water partition coefficient (Wildman–Crippen LogP) is 12.1. The number of quaternary nitrogens is 1. The van der Waals surface area contributed by atoms with E-state index in [1.165, 1.54) is 160 Å². The van der Waals surface area contributed by atoms with Crippen molar-refractivity contribution in [1.82, 2.24) is 0 Å². The number of rotatable bonds is 33. The summed E-state index contributed by atoms with van der Waals surface area (Å²) in [6.07, 6.45) is 33.4. The van der Waals surface area contributed by atoms with Crippen LogP contribution < -0.4 is 0 Å². The van der Waals surface area contributed by atoms with Crippen LogP contribution in [0.1, 0.15) is 174 Å². The summed E-state index contributed by atoms with van der Waals surface area (Å²) < 4.78 is 13.6. The molecule has 0 bridgehead atoms. The van der Waals surface area contributed by atoms with Gasteiger partial charge >= 0.3 is 0 Å². The van der Waals surface area contributed by atoms with Gasteiger partial charge in [-0.05, 0) is 12.8 Å². The molecule has 0 radical (unpaired) electrons. The fraction of sp³-hybridized carbons (Fsp3) is 0.850. The lowest BCUT2D eigenvalue weighted by Crippen LogP contribution is -2.47. The fourth-order valence-corrected chi connectivity index (χ4v) is 6.30. The van der Waals surface area contributed by atoms with E-state index in [0.29, 0.717) is 0 Å². The first-order valence-corrected chi connectivity index (χ1v) is 19.1. The summed E-state index contributed by atoms with van der Waals surface area (Å²) in [6, 6.07) is 10.9. The van der Waals surface area contributed by atoms with Gasteiger partial charge < -0.3 is 14.0 Å². The monoisotopic (exact) mass is 603 g/mol. The van der Waals surface area contributed by atoms with Crippen molar-refractivity contribution in [2.75, 3.05) is 40.5 Å². The van der Waals surface area contributed by atoms with Crippen LogP contribution in [0.5, 0.6) is 0 Å². The minimum Gasteiger partial charge on any atom is -0.379 e. The van der Waals surface area contributed by atoms with Gasteiger partial charge in [-0.25, -0.2) is 0 Å². The van der Waals surface area contributed by atoms with Gasteiger partial charge in [0.2, 0.25) is 0 Å². The molecule has 0 unspecified atom stereocenters. The van der Waals surface area contributed by atoms with Gasteiger partial charge in [-0.1, -0.05) is 185 Å². The second-order valence-electron chi connectivity index (χ2n) is 14.1. The number of likely N-dealkylation sites (N-methyl/N-ethyl adjacent to an activating group) is 1. The van der Waals surface area contributed by atoms with E-state index in [1.807, 2.05) is 0 Å². The molecule has 1 rings (SSSR count). The molecule has 0 saturated carbocycles. The predicted molar refractivity (Wildman–Crippen MR) is 190 cm³/mol. The summed E-state index contributed by atoms with van der Waals surface area (Å²) in [7, 11) is 4.66. The third-order valence-corrected chi connectivity index (χ3v) is 8.95. The number of nitrogens with zero attached hydrogens (tertiary/aromatic N) is 1. The topological polar surface area (TPSA) is 18.5 Å². The number of benzene rings is 1. The second kappa shape index (κ2) is 29.8. The smallest absolute Gasteiger partial charge is 0.130 e. The molecule has 0 aliphatic carbocycles. The van der Waals surface area contributed by atoms with E-state index < -0.39 is 0 Å². The molecule has 0 saturated heterocycles. The molecule has 3 nitrogen and oxygen atoms in total. The molecule has 1 aromatic rings. The van der Waals surface area contributed by atoms with Crippen LogP contribution in [-0.2, 0) is 16.0 Å². The van der Waals surface area contributed by atoms with Gasteiger partial charge in [-0.15, -0.1) is 0 Å². The Balaban J connectivity index is 2.20. The zero-order valence-electron chi connectivity index (χ0n) is 29.7. The van der Waals surface area contributed by atoms with Crippen molar-refractivity contribution in [1.29, 1.82) is 0 Å². The van der Waals surface area contributed by atoms with Crippen LogP contribution in [0.25, 0.3) is 0 Å². The molecular formula is C40H76NO2+. The second-order valence-corrected chi connectivity index (χ2v) is 14.1. The van der Waals surface area contributed by atoms with Gasteiger partial charge in [0.1, 0.15) is 19.2 Å². The lowest BCUT2D eigenvalue weighted by molar-refractivity contribution is -0.906. The molecule has 0 aliphatic heterocycles. The Morgan fingerprint density at radius 2 is 0.907 bits per heavy atom. The SMILES string of the molecule is CCCCCCCCCCCCCCOC[C@H](C[N+](C)(C)Cc1ccccc1)OCCCCCCCCCCCCCC. The molecular weight excluding hydrogens is 526 g/mol. The highest BCUT2D eigenvalue weighted by molar-refractivity contribution is 5.13. The van der Waals surface area contributed by atoms with Crippen molar-refractivity contribution in [2.24, 2.45) is 0 Å². The van der Waals surface area contributed by atoms with Crippen LogP contribution in [0.2, 0.25) is 0 Å². The van der Waals surface area contributed by atoms with Crippen LogP contribution in [0.3, 0.4) is 0 Å². The maximum absolute atomic E-state index is 6.48. The highest BCUT2D eigenvalue weighted by Gasteiger charge is 2.23. The first-order valence-electron chi connectivity index (χ1n) is 19.1. The minimum atomic E-state index is 0.170. The average Bonchev–Trinajstić information content (AvgIpc) is 2.99. The van der Waals surface area contributed by atoms with E-state index >= 15 is 0 Å². The Hall–Kier alpha value is -0.900. The normalized spacial score (nSPS) is 12.7. The van der Waals surface area contributed by atoms with E-state index in [0.717, 1.165) is 37.4 Å². The van der Waals surface area contributed by atoms with Gasteiger partial charge in [-0.3, -0.25) is 0 Å². The fourth-order valence-electron chi connectivity index (χ4n) is 6.30. The maximum Gasteiger partial charge on any atom is 0.130 e. The van der Waals surface area contributed by atoms with Gasteiger partial charge in [0, 0.05) is 18.8 Å². The van der Waals surface area contributed by atoms with Gasteiger partial charge in [0.15, 0.2) is 0 Å². The molecule has 0 aromatic heterocycles. The Morgan fingerprint density at radius 1 is 0.512 bits per heavy atom. The van der Waals surface area contributed by atoms with Crippen molar-refractivity contribution in [3.8, 4) is 0 Å². The van der Waals surface area contributed by atoms with Crippen LogP contribution in [0, 0.1) is 0 Å². The van der Waals surface area contributed by atoms with Crippen LogP contribution in [-0.4, -0.2) is 51.0 Å². The van der Waals surface area contributed by atoms with E-state index in [2.05, 4.69) is 58.3 Å². The Kier molecular flexibility index (Phi) is 27.8. The van der Waals surface area contributed by atoms with Gasteiger partial charge in [0.05, 0.1) is 20.7 Å². The lowest BCUT2D eigenvalue weighted by Gasteiger charge is -2.33. The van der Waals surface area contributed by atoms with E-state index in [-0.39, 0.29) is 6.10 Å². The molecule has 1 aromatic carbocycles. The van der Waals surface area contributed by atoms with Crippen molar-refractivity contribution in [2.45, 2.75) is 181 Å². The summed E-state index contributed by atoms with van der Waals surface area (Å²) in [5.41, 5.74) is 1.39. The zero-order chi connectivity index (χ0) is 31.1. The molecule has 1 atom stereocenters. The van der Waals surface area contributed by atoms with Gasteiger partial charge in [-0.2, -0.15) is 0 Å². The van der Waals surface area contributed by atoms with Crippen molar-refractivity contribution in [3.63, 3.8) is 0 Å². The first kappa shape index (κ1) is 40.1. The third kappa shape index (κ3) is 27.2. The number of hydrogen-bond acceptors (Lipinski definition) is 2. The minimum absolute atomic E-state index is 0.170. The van der Waals surface area contributed by atoms with Crippen molar-refractivity contribution < 1.29 is 14.0 Å². The van der Waals surface area contributed by atoms with Crippen LogP contribution in [0.4, 0.5) is 0 Å². The van der Waals surface area contributed by atoms with Crippen LogP contribution >= 0.6 is 0 Å². The molecule has 0 fully saturated rings. The number of unbranched alkanes of at least 4 members (excludes halogenated alkanes) is 22. The highest BCUT2D eigenvalue weighted by Crippen LogP contribution is 2.15. The average molecular weight is 603 g/mol. The summed E-state index contributed by atoms with van der Waals surface area (Å²) >= 11 is 0. The first-order chi connectivity index (χ1) is 21.1. The number of ether oxygens (including phenoxy) is 2. The Bertz CT molecular complexity index is 676. The molecule has 0 aliphatic rings. The summed E-state index contributed by atoms with van der Waals surface area (Å²) in [5, 5.41) is 0. The Morgan fingerprint density at radius 3 is 1.35 bits per heavy atom. The largest absolute Gasteiger partial charge is 0.379 e. The zero-order valence-corrected chi connectivity index (χ0v) is 29.7. The van der Waals surface area contributed by atoms with E-state index in [4.69, 9.17) is 9.47 Å². The molecule has 0 amide bonds. The summed E-state index contributed by atoms with van der Waals surface area (Å²) in [4.78, 5) is 0. The standard InChI is InChI=1S/C40H76NO2/c1-5-7-9-11-13-15-17-19-21-23-25-30-34-42-38-40(37-41(3,4)36-39-32-28-27-29-33-39)43-35-31-26-24-22-20-18-16-14-12-10-8-6-2/h27-29,32-33,40H,5-26,30-31,34-38H2,1-4H3/q+1/t40-/m0/s1. The summed E-state index contributed by atoms with van der Waals surface area (Å²) in [5.74, 6) is 0. The van der Waals surface area contributed by atoms with E-state index in [9.17, 15) is 0 Å². The van der Waals surface area contributed by atoms with Crippen molar-refractivity contribution >= 4 is 0 Å². The molecule has 43 heavy (non-hydrogen) atoms. The lowest BCUT2D eigenvalue weighted by atomic mass is 10.1. The third-order valence-electron chi connectivity index (χ3n) is 8.95. The van der Waals surface area contributed by atoms with E-state index in [1.54, 1.807) is 0 Å². The van der Waals surface area contributed by atoms with Crippen LogP contribution in [0.15, 0.2) is 30.3 Å². The quantitative estimate of drug-likeness (QED) is 0.0588. The molecule has 3 heteroatoms. The highest BCUT2D eigenvalue weighted by atomic mass is 16.5. The maximum atomic E-state index is 6.48.